The molecule has 128 valence electrons. The topological polar surface area (TPSA) is 67.2 Å². The van der Waals surface area contributed by atoms with Crippen molar-refractivity contribution in [1.29, 1.82) is 0 Å². The molecule has 1 aliphatic carbocycles. The standard InChI is InChI=1S/C19H25N3O2/c23-14-16-6-4-5-9-18(16)21-19(24)11-10-15-12-20-22(13-15)17-7-2-1-3-8-17/h1-3,7-8,12-13,16,18,23H,4-6,9-11,14H2,(H,21,24). The lowest BCUT2D eigenvalue weighted by Gasteiger charge is -2.30. The molecule has 2 unspecified atom stereocenters. The molecule has 1 heterocycles. The molecule has 1 aromatic heterocycles. The second-order valence-electron chi connectivity index (χ2n) is 6.53. The Balaban J connectivity index is 1.50. The molecule has 0 radical (unpaired) electrons. The molecule has 0 spiro atoms. The van der Waals surface area contributed by atoms with E-state index in [-0.39, 0.29) is 24.5 Å². The molecular weight excluding hydrogens is 302 g/mol. The number of benzene rings is 1. The number of hydrogen-bond donors (Lipinski definition) is 2. The fourth-order valence-electron chi connectivity index (χ4n) is 3.36. The van der Waals surface area contributed by atoms with Crippen molar-refractivity contribution in [3.05, 3.63) is 48.3 Å². The van der Waals surface area contributed by atoms with Crippen LogP contribution in [0.1, 0.15) is 37.7 Å². The Morgan fingerprint density at radius 2 is 2.04 bits per heavy atom. The van der Waals surface area contributed by atoms with E-state index in [4.69, 9.17) is 0 Å². The van der Waals surface area contributed by atoms with Gasteiger partial charge in [-0.3, -0.25) is 4.79 Å². The third-order valence-corrected chi connectivity index (χ3v) is 4.79. The Labute approximate surface area is 142 Å². The van der Waals surface area contributed by atoms with Gasteiger partial charge in [-0.25, -0.2) is 4.68 Å². The summed E-state index contributed by atoms with van der Waals surface area (Å²) in [6.07, 6.45) is 9.18. The van der Waals surface area contributed by atoms with E-state index in [0.29, 0.717) is 12.8 Å². The van der Waals surface area contributed by atoms with E-state index in [1.54, 1.807) is 0 Å². The van der Waals surface area contributed by atoms with Gasteiger partial charge in [0.1, 0.15) is 0 Å². The molecule has 2 N–H and O–H groups in total. The molecule has 1 fully saturated rings. The lowest BCUT2D eigenvalue weighted by Crippen LogP contribution is -2.43. The van der Waals surface area contributed by atoms with Crippen molar-refractivity contribution in [3.8, 4) is 5.69 Å². The SMILES string of the molecule is O=C(CCc1cnn(-c2ccccc2)c1)NC1CCCCC1CO. The maximum absolute atomic E-state index is 12.2. The number of amides is 1. The first-order chi connectivity index (χ1) is 11.8. The van der Waals surface area contributed by atoms with E-state index in [2.05, 4.69) is 10.4 Å². The predicted octanol–water partition coefficient (Wildman–Crippen LogP) is 2.47. The van der Waals surface area contributed by atoms with Crippen molar-refractivity contribution in [1.82, 2.24) is 15.1 Å². The molecule has 1 amide bonds. The normalized spacial score (nSPS) is 20.7. The van der Waals surface area contributed by atoms with Gasteiger partial charge in [0.15, 0.2) is 0 Å². The van der Waals surface area contributed by atoms with Gasteiger partial charge < -0.3 is 10.4 Å². The summed E-state index contributed by atoms with van der Waals surface area (Å²) in [5, 5.41) is 16.9. The Kier molecular flexibility index (Phi) is 5.64. The first-order valence-electron chi connectivity index (χ1n) is 8.75. The van der Waals surface area contributed by atoms with Crippen LogP contribution in [0, 0.1) is 5.92 Å². The van der Waals surface area contributed by atoms with E-state index in [1.165, 1.54) is 0 Å². The number of para-hydroxylation sites is 1. The van der Waals surface area contributed by atoms with Gasteiger partial charge in [0.25, 0.3) is 0 Å². The summed E-state index contributed by atoms with van der Waals surface area (Å²) in [5.74, 6) is 0.274. The number of nitrogens with zero attached hydrogens (tertiary/aromatic N) is 2. The highest BCUT2D eigenvalue weighted by atomic mass is 16.3. The number of nitrogens with one attached hydrogen (secondary N) is 1. The number of aliphatic hydroxyl groups is 1. The van der Waals surface area contributed by atoms with Crippen molar-refractivity contribution in [3.63, 3.8) is 0 Å². The molecule has 1 aliphatic rings. The summed E-state index contributed by atoms with van der Waals surface area (Å²) in [6, 6.07) is 10.1. The van der Waals surface area contributed by atoms with E-state index >= 15 is 0 Å². The Bertz CT molecular complexity index is 654. The summed E-state index contributed by atoms with van der Waals surface area (Å²) in [6.45, 7) is 0.162. The van der Waals surface area contributed by atoms with Crippen LogP contribution < -0.4 is 5.32 Å². The summed E-state index contributed by atoms with van der Waals surface area (Å²) in [7, 11) is 0. The number of carbonyl (C=O) groups is 1. The van der Waals surface area contributed by atoms with Crippen LogP contribution in [-0.4, -0.2) is 33.4 Å². The number of aliphatic hydroxyl groups excluding tert-OH is 1. The van der Waals surface area contributed by atoms with Crippen molar-refractivity contribution < 1.29 is 9.90 Å². The van der Waals surface area contributed by atoms with E-state index in [1.807, 2.05) is 47.4 Å². The summed E-state index contributed by atoms with van der Waals surface area (Å²) in [5.41, 5.74) is 2.07. The average Bonchev–Trinajstić information content (AvgIpc) is 3.10. The zero-order valence-electron chi connectivity index (χ0n) is 13.9. The van der Waals surface area contributed by atoms with Crippen LogP contribution in [0.15, 0.2) is 42.7 Å². The number of hydrogen-bond acceptors (Lipinski definition) is 3. The largest absolute Gasteiger partial charge is 0.396 e. The second-order valence-corrected chi connectivity index (χ2v) is 6.53. The molecule has 2 aromatic rings. The Morgan fingerprint density at radius 3 is 2.83 bits per heavy atom. The quantitative estimate of drug-likeness (QED) is 0.856. The number of aryl methyl sites for hydroxylation is 1. The van der Waals surface area contributed by atoms with Gasteiger partial charge in [0.2, 0.25) is 5.91 Å². The number of carbonyl (C=O) groups excluding carboxylic acids is 1. The zero-order valence-corrected chi connectivity index (χ0v) is 13.9. The maximum atomic E-state index is 12.2. The van der Waals surface area contributed by atoms with Crippen LogP contribution in [-0.2, 0) is 11.2 Å². The van der Waals surface area contributed by atoms with Crippen LogP contribution >= 0.6 is 0 Å². The molecule has 24 heavy (non-hydrogen) atoms. The van der Waals surface area contributed by atoms with Crippen molar-refractivity contribution in [2.24, 2.45) is 5.92 Å². The van der Waals surface area contributed by atoms with E-state index in [9.17, 15) is 9.90 Å². The Hall–Kier alpha value is -2.14. The monoisotopic (exact) mass is 327 g/mol. The minimum Gasteiger partial charge on any atom is -0.396 e. The molecular formula is C19H25N3O2. The molecule has 0 bridgehead atoms. The molecule has 1 aromatic carbocycles. The highest BCUT2D eigenvalue weighted by molar-refractivity contribution is 5.76. The first kappa shape index (κ1) is 16.7. The first-order valence-corrected chi connectivity index (χ1v) is 8.75. The fourth-order valence-corrected chi connectivity index (χ4v) is 3.36. The lowest BCUT2D eigenvalue weighted by atomic mass is 9.85. The molecule has 2 atom stereocenters. The minimum absolute atomic E-state index is 0.0628. The van der Waals surface area contributed by atoms with Gasteiger partial charge >= 0.3 is 0 Å². The lowest BCUT2D eigenvalue weighted by molar-refractivity contribution is -0.122. The zero-order chi connectivity index (χ0) is 16.8. The molecule has 1 saturated carbocycles. The van der Waals surface area contributed by atoms with Crippen LogP contribution in [0.2, 0.25) is 0 Å². The van der Waals surface area contributed by atoms with E-state index in [0.717, 1.165) is 36.9 Å². The molecule has 5 heteroatoms. The number of rotatable bonds is 6. The van der Waals surface area contributed by atoms with E-state index < -0.39 is 0 Å². The fraction of sp³-hybridized carbons (Fsp3) is 0.474. The predicted molar refractivity (Wildman–Crippen MR) is 92.9 cm³/mol. The highest BCUT2D eigenvalue weighted by Gasteiger charge is 2.25. The van der Waals surface area contributed by atoms with Gasteiger partial charge in [-0.15, -0.1) is 0 Å². The summed E-state index contributed by atoms with van der Waals surface area (Å²) < 4.78 is 1.83. The summed E-state index contributed by atoms with van der Waals surface area (Å²) >= 11 is 0. The second kappa shape index (κ2) is 8.11. The van der Waals surface area contributed by atoms with Crippen molar-refractivity contribution in [2.45, 2.75) is 44.6 Å². The third kappa shape index (κ3) is 4.23. The molecule has 3 rings (SSSR count). The third-order valence-electron chi connectivity index (χ3n) is 4.79. The highest BCUT2D eigenvalue weighted by Crippen LogP contribution is 2.24. The smallest absolute Gasteiger partial charge is 0.220 e. The minimum atomic E-state index is 0.0628. The maximum Gasteiger partial charge on any atom is 0.220 e. The molecule has 0 saturated heterocycles. The van der Waals surface area contributed by atoms with Crippen LogP contribution in [0.3, 0.4) is 0 Å². The van der Waals surface area contributed by atoms with Crippen molar-refractivity contribution in [2.75, 3.05) is 6.61 Å². The van der Waals surface area contributed by atoms with Gasteiger partial charge in [-0.05, 0) is 37.0 Å². The van der Waals surface area contributed by atoms with Gasteiger partial charge in [-0.1, -0.05) is 31.0 Å². The molecule has 5 nitrogen and oxygen atoms in total. The molecule has 0 aliphatic heterocycles. The van der Waals surface area contributed by atoms with Gasteiger partial charge in [0, 0.05) is 31.2 Å². The van der Waals surface area contributed by atoms with Gasteiger partial charge in [-0.2, -0.15) is 5.10 Å². The number of aromatic nitrogens is 2. The van der Waals surface area contributed by atoms with Crippen LogP contribution in [0.5, 0.6) is 0 Å². The van der Waals surface area contributed by atoms with Crippen LogP contribution in [0.25, 0.3) is 5.69 Å². The van der Waals surface area contributed by atoms with Crippen molar-refractivity contribution >= 4 is 5.91 Å². The van der Waals surface area contributed by atoms with Crippen LogP contribution in [0.4, 0.5) is 0 Å². The Morgan fingerprint density at radius 1 is 1.25 bits per heavy atom. The summed E-state index contributed by atoms with van der Waals surface area (Å²) in [4.78, 5) is 12.2. The average molecular weight is 327 g/mol. The van der Waals surface area contributed by atoms with Gasteiger partial charge in [0.05, 0.1) is 11.9 Å².